The summed E-state index contributed by atoms with van der Waals surface area (Å²) in [6.45, 7) is 0. The minimum Gasteiger partial charge on any atom is -0.464 e. The van der Waals surface area contributed by atoms with Crippen LogP contribution in [0.1, 0.15) is 0 Å². The molecule has 5 nitrogen and oxygen atoms in total. The van der Waals surface area contributed by atoms with Crippen molar-refractivity contribution in [3.63, 3.8) is 0 Å². The largest absolute Gasteiger partial charge is 0.464 e. The molecular formula is C19H12N4O. The summed E-state index contributed by atoms with van der Waals surface area (Å²) in [6.07, 6.45) is 3.49. The second-order valence-electron chi connectivity index (χ2n) is 5.57. The molecule has 0 fully saturated rings. The van der Waals surface area contributed by atoms with Crippen molar-refractivity contribution in [1.29, 1.82) is 0 Å². The van der Waals surface area contributed by atoms with Gasteiger partial charge in [0.15, 0.2) is 0 Å². The van der Waals surface area contributed by atoms with E-state index in [0.717, 1.165) is 44.4 Å². The number of fused-ring (bicyclic) bond motifs is 2. The van der Waals surface area contributed by atoms with Crippen LogP contribution in [-0.4, -0.2) is 20.4 Å². The van der Waals surface area contributed by atoms with Gasteiger partial charge in [-0.1, -0.05) is 18.2 Å². The maximum absolute atomic E-state index is 5.41. The molecule has 0 unspecified atom stereocenters. The van der Waals surface area contributed by atoms with E-state index in [1.807, 2.05) is 42.5 Å². The lowest BCUT2D eigenvalue weighted by Gasteiger charge is -2.05. The highest BCUT2D eigenvalue weighted by molar-refractivity contribution is 5.97. The molecule has 2 aromatic carbocycles. The van der Waals surface area contributed by atoms with Crippen LogP contribution in [0.2, 0.25) is 0 Å². The maximum Gasteiger partial charge on any atom is 0.133 e. The molecule has 0 saturated carbocycles. The van der Waals surface area contributed by atoms with Gasteiger partial charge >= 0.3 is 0 Å². The van der Waals surface area contributed by atoms with Gasteiger partial charge < -0.3 is 4.42 Å². The van der Waals surface area contributed by atoms with Crippen molar-refractivity contribution in [1.82, 2.24) is 20.4 Å². The summed E-state index contributed by atoms with van der Waals surface area (Å²) < 4.78 is 5.41. The summed E-state index contributed by atoms with van der Waals surface area (Å²) in [7, 11) is 0. The Morgan fingerprint density at radius 2 is 1.79 bits per heavy atom. The number of benzene rings is 2. The molecule has 3 heterocycles. The third kappa shape index (κ3) is 1.91. The zero-order chi connectivity index (χ0) is 15.9. The molecule has 0 bridgehead atoms. The maximum atomic E-state index is 5.41. The van der Waals surface area contributed by atoms with Gasteiger partial charge in [0.2, 0.25) is 0 Å². The van der Waals surface area contributed by atoms with Gasteiger partial charge in [-0.15, -0.1) is 0 Å². The van der Waals surface area contributed by atoms with Crippen molar-refractivity contribution in [2.24, 2.45) is 0 Å². The van der Waals surface area contributed by atoms with Crippen LogP contribution in [0.15, 0.2) is 71.5 Å². The van der Waals surface area contributed by atoms with Crippen LogP contribution in [0.4, 0.5) is 0 Å². The van der Waals surface area contributed by atoms with Gasteiger partial charge in [-0.3, -0.25) is 4.98 Å². The van der Waals surface area contributed by atoms with Crippen molar-refractivity contribution in [2.75, 3.05) is 0 Å². The van der Waals surface area contributed by atoms with E-state index in [1.54, 1.807) is 12.5 Å². The van der Waals surface area contributed by atoms with Gasteiger partial charge in [0.05, 0.1) is 11.8 Å². The number of nitrogens with one attached hydrogen (secondary N) is 1. The van der Waals surface area contributed by atoms with Crippen LogP contribution in [-0.2, 0) is 0 Å². The predicted octanol–water partition coefficient (Wildman–Crippen LogP) is 4.43. The van der Waals surface area contributed by atoms with E-state index in [1.165, 1.54) is 0 Å². The van der Waals surface area contributed by atoms with E-state index in [2.05, 4.69) is 32.5 Å². The predicted molar refractivity (Wildman–Crippen MR) is 92.3 cm³/mol. The molecule has 24 heavy (non-hydrogen) atoms. The average Bonchev–Trinajstić information content (AvgIpc) is 3.29. The van der Waals surface area contributed by atoms with E-state index in [9.17, 15) is 0 Å². The number of hydrogen-bond donors (Lipinski definition) is 1. The molecule has 5 heteroatoms. The van der Waals surface area contributed by atoms with Crippen LogP contribution in [0.25, 0.3) is 44.4 Å². The Morgan fingerprint density at radius 1 is 0.875 bits per heavy atom. The molecule has 5 rings (SSSR count). The second-order valence-corrected chi connectivity index (χ2v) is 5.57. The minimum absolute atomic E-state index is 0.814. The first-order chi connectivity index (χ1) is 11.9. The Bertz CT molecular complexity index is 1170. The van der Waals surface area contributed by atoms with Crippen LogP contribution in [0, 0.1) is 0 Å². The Morgan fingerprint density at radius 3 is 2.79 bits per heavy atom. The number of para-hydroxylation sites is 1. The summed E-state index contributed by atoms with van der Waals surface area (Å²) in [4.78, 5) is 4.42. The summed E-state index contributed by atoms with van der Waals surface area (Å²) >= 11 is 0. The zero-order valence-electron chi connectivity index (χ0n) is 12.6. The number of aromatic nitrogens is 4. The molecule has 0 aliphatic rings. The number of furan rings is 1. The Balaban J connectivity index is 1.74. The summed E-state index contributed by atoms with van der Waals surface area (Å²) in [6, 6.07) is 18.0. The van der Waals surface area contributed by atoms with Crippen molar-refractivity contribution in [2.45, 2.75) is 0 Å². The fraction of sp³-hybridized carbons (Fsp3) is 0. The topological polar surface area (TPSA) is 67.6 Å². The summed E-state index contributed by atoms with van der Waals surface area (Å²) in [5, 5.41) is 13.6. The number of pyridine rings is 1. The smallest absolute Gasteiger partial charge is 0.133 e. The molecule has 3 aromatic heterocycles. The molecular weight excluding hydrogens is 300 g/mol. The third-order valence-electron chi connectivity index (χ3n) is 4.18. The second kappa shape index (κ2) is 5.03. The van der Waals surface area contributed by atoms with Crippen LogP contribution in [0.5, 0.6) is 0 Å². The van der Waals surface area contributed by atoms with Gasteiger partial charge in [0, 0.05) is 28.1 Å². The fourth-order valence-corrected chi connectivity index (χ4v) is 3.04. The molecule has 1 N–H and O–H groups in total. The van der Waals surface area contributed by atoms with Crippen molar-refractivity contribution in [3.8, 4) is 22.5 Å². The van der Waals surface area contributed by atoms with Gasteiger partial charge in [-0.05, 0) is 36.4 Å². The van der Waals surface area contributed by atoms with Crippen LogP contribution >= 0.6 is 0 Å². The van der Waals surface area contributed by atoms with Gasteiger partial charge in [-0.2, -0.15) is 15.4 Å². The zero-order valence-corrected chi connectivity index (χ0v) is 12.6. The van der Waals surface area contributed by atoms with E-state index in [0.29, 0.717) is 0 Å². The van der Waals surface area contributed by atoms with E-state index < -0.39 is 0 Å². The van der Waals surface area contributed by atoms with Crippen molar-refractivity contribution < 1.29 is 4.42 Å². The highest BCUT2D eigenvalue weighted by Gasteiger charge is 2.15. The minimum atomic E-state index is 0.814. The molecule has 5 aromatic rings. The van der Waals surface area contributed by atoms with Crippen molar-refractivity contribution in [3.05, 3.63) is 67.1 Å². The number of nitrogens with zero attached hydrogens (tertiary/aromatic N) is 3. The first-order valence-corrected chi connectivity index (χ1v) is 7.63. The number of hydrogen-bond acceptors (Lipinski definition) is 4. The fourth-order valence-electron chi connectivity index (χ4n) is 3.04. The van der Waals surface area contributed by atoms with Crippen LogP contribution in [0.3, 0.4) is 0 Å². The molecule has 0 amide bonds. The van der Waals surface area contributed by atoms with Crippen LogP contribution < -0.4 is 0 Å². The van der Waals surface area contributed by atoms with E-state index in [-0.39, 0.29) is 0 Å². The molecule has 0 atom stereocenters. The standard InChI is InChI=1S/C19H12N4O/c1-2-4-16-14(3-1)15(7-9-20-16)19-18(21-23-22-19)13-5-6-17-12(11-13)8-10-24-17/h1-11H,(H,21,22,23). The van der Waals surface area contributed by atoms with E-state index >= 15 is 0 Å². The molecule has 0 saturated heterocycles. The SMILES string of the molecule is c1ccc2c(-c3n[nH]nc3-c3ccc4occc4c3)ccnc2c1. The van der Waals surface area contributed by atoms with Gasteiger partial charge in [0.25, 0.3) is 0 Å². The first-order valence-electron chi connectivity index (χ1n) is 7.63. The lowest BCUT2D eigenvalue weighted by Crippen LogP contribution is -1.87. The average molecular weight is 312 g/mol. The number of aromatic amines is 1. The Hall–Kier alpha value is -3.47. The third-order valence-corrected chi connectivity index (χ3v) is 4.18. The van der Waals surface area contributed by atoms with Crippen molar-refractivity contribution >= 4 is 21.9 Å². The molecule has 0 spiro atoms. The van der Waals surface area contributed by atoms with Gasteiger partial charge in [0.1, 0.15) is 17.0 Å². The molecule has 0 aliphatic carbocycles. The molecule has 0 aliphatic heterocycles. The summed E-state index contributed by atoms with van der Waals surface area (Å²) in [5.74, 6) is 0. The molecule has 114 valence electrons. The van der Waals surface area contributed by atoms with E-state index in [4.69, 9.17) is 4.42 Å². The monoisotopic (exact) mass is 312 g/mol. The Kier molecular flexibility index (Phi) is 2.72. The molecule has 0 radical (unpaired) electrons. The van der Waals surface area contributed by atoms with Gasteiger partial charge in [-0.25, -0.2) is 0 Å². The normalized spacial score (nSPS) is 11.3. The number of H-pyrrole nitrogens is 1. The lowest BCUT2D eigenvalue weighted by atomic mass is 10.0. The number of rotatable bonds is 2. The summed E-state index contributed by atoms with van der Waals surface area (Å²) in [5.41, 5.74) is 5.43. The first kappa shape index (κ1) is 13.0. The quantitative estimate of drug-likeness (QED) is 0.523. The lowest BCUT2D eigenvalue weighted by molar-refractivity contribution is 0.616. The highest BCUT2D eigenvalue weighted by Crippen LogP contribution is 2.33. The Labute approximate surface area is 137 Å². The highest BCUT2D eigenvalue weighted by atomic mass is 16.3.